The van der Waals surface area contributed by atoms with E-state index >= 15 is 0 Å². The standard InChI is InChI=1S/C12H23NO3S/c1-2-3-6-17(15,16)13-12-10-5-4-9(7-10)11(12)8-14/h9-14H,2-8H2,1H3/t9-,10+,11-,12+/m0/s1. The van der Waals surface area contributed by atoms with Crippen LogP contribution < -0.4 is 4.72 Å². The molecular formula is C12H23NO3S. The number of hydrogen-bond acceptors (Lipinski definition) is 3. The van der Waals surface area contributed by atoms with Crippen LogP contribution in [0.1, 0.15) is 39.0 Å². The van der Waals surface area contributed by atoms with E-state index in [1.54, 1.807) is 0 Å². The van der Waals surface area contributed by atoms with E-state index in [0.29, 0.717) is 18.3 Å². The first kappa shape index (κ1) is 13.3. The molecular weight excluding hydrogens is 238 g/mol. The topological polar surface area (TPSA) is 66.4 Å². The van der Waals surface area contributed by atoms with E-state index in [9.17, 15) is 13.5 Å². The maximum Gasteiger partial charge on any atom is 0.211 e. The minimum absolute atomic E-state index is 0.0133. The third-order valence-electron chi connectivity index (χ3n) is 4.38. The molecule has 0 radical (unpaired) electrons. The molecule has 0 unspecified atom stereocenters. The molecule has 2 fully saturated rings. The van der Waals surface area contributed by atoms with Gasteiger partial charge in [0.2, 0.25) is 10.0 Å². The van der Waals surface area contributed by atoms with E-state index in [-0.39, 0.29) is 24.3 Å². The summed E-state index contributed by atoms with van der Waals surface area (Å²) in [6.07, 6.45) is 4.96. The Morgan fingerprint density at radius 3 is 2.65 bits per heavy atom. The van der Waals surface area contributed by atoms with Gasteiger partial charge in [-0.05, 0) is 37.5 Å². The smallest absolute Gasteiger partial charge is 0.211 e. The van der Waals surface area contributed by atoms with Gasteiger partial charge in [0.05, 0.1) is 5.75 Å². The summed E-state index contributed by atoms with van der Waals surface area (Å²) in [5.41, 5.74) is 0. The molecule has 0 aromatic carbocycles. The molecule has 2 aliphatic rings. The van der Waals surface area contributed by atoms with Gasteiger partial charge in [-0.2, -0.15) is 0 Å². The molecule has 2 N–H and O–H groups in total. The van der Waals surface area contributed by atoms with Crippen molar-refractivity contribution < 1.29 is 13.5 Å². The molecule has 2 bridgehead atoms. The zero-order valence-corrected chi connectivity index (χ0v) is 11.2. The third-order valence-corrected chi connectivity index (χ3v) is 5.84. The van der Waals surface area contributed by atoms with Crippen LogP contribution in [0.15, 0.2) is 0 Å². The molecule has 0 aromatic heterocycles. The average Bonchev–Trinajstić information content (AvgIpc) is 2.86. The largest absolute Gasteiger partial charge is 0.396 e. The molecule has 0 spiro atoms. The second-order valence-corrected chi connectivity index (χ2v) is 7.37. The molecule has 0 amide bonds. The van der Waals surface area contributed by atoms with Crippen LogP contribution in [0, 0.1) is 17.8 Å². The van der Waals surface area contributed by atoms with Crippen molar-refractivity contribution in [2.45, 2.75) is 45.1 Å². The minimum Gasteiger partial charge on any atom is -0.396 e. The van der Waals surface area contributed by atoms with Crippen LogP contribution in [0.2, 0.25) is 0 Å². The van der Waals surface area contributed by atoms with Crippen LogP contribution in [0.4, 0.5) is 0 Å². The van der Waals surface area contributed by atoms with Crippen LogP contribution >= 0.6 is 0 Å². The lowest BCUT2D eigenvalue weighted by molar-refractivity contribution is 0.153. The lowest BCUT2D eigenvalue weighted by Gasteiger charge is -2.30. The molecule has 4 atom stereocenters. The van der Waals surface area contributed by atoms with Crippen molar-refractivity contribution in [3.05, 3.63) is 0 Å². The predicted molar refractivity (Wildman–Crippen MR) is 67.0 cm³/mol. The second-order valence-electron chi connectivity index (χ2n) is 5.50. The number of aliphatic hydroxyl groups is 1. The van der Waals surface area contributed by atoms with Crippen molar-refractivity contribution in [3.63, 3.8) is 0 Å². The molecule has 0 heterocycles. The molecule has 5 heteroatoms. The van der Waals surface area contributed by atoms with Gasteiger partial charge >= 0.3 is 0 Å². The summed E-state index contributed by atoms with van der Waals surface area (Å²) in [4.78, 5) is 0. The van der Waals surface area contributed by atoms with Crippen molar-refractivity contribution in [1.82, 2.24) is 4.72 Å². The van der Waals surface area contributed by atoms with Gasteiger partial charge in [-0.25, -0.2) is 13.1 Å². The molecule has 2 saturated carbocycles. The normalized spacial score (nSPS) is 36.6. The maximum atomic E-state index is 11.9. The highest BCUT2D eigenvalue weighted by atomic mass is 32.2. The highest BCUT2D eigenvalue weighted by Gasteiger charge is 2.48. The molecule has 0 aromatic rings. The number of sulfonamides is 1. The van der Waals surface area contributed by atoms with Gasteiger partial charge in [0.25, 0.3) is 0 Å². The first-order valence-corrected chi connectivity index (χ1v) is 8.33. The first-order valence-electron chi connectivity index (χ1n) is 6.68. The Kier molecular flexibility index (Phi) is 4.10. The summed E-state index contributed by atoms with van der Waals surface area (Å²) in [6.45, 7) is 2.10. The predicted octanol–water partition coefficient (Wildman–Crippen LogP) is 1.11. The summed E-state index contributed by atoms with van der Waals surface area (Å²) >= 11 is 0. The third kappa shape index (κ3) is 2.83. The summed E-state index contributed by atoms with van der Waals surface area (Å²) in [5, 5.41) is 9.40. The van der Waals surface area contributed by atoms with E-state index in [4.69, 9.17) is 0 Å². The number of unbranched alkanes of at least 4 members (excludes halogenated alkanes) is 1. The fourth-order valence-corrected chi connectivity index (χ4v) is 5.03. The summed E-state index contributed by atoms with van der Waals surface area (Å²) in [7, 11) is -3.15. The van der Waals surface area contributed by atoms with Gasteiger partial charge in [0.15, 0.2) is 0 Å². The Labute approximate surface area is 104 Å². The summed E-state index contributed by atoms with van der Waals surface area (Å²) in [6, 6.07) is -0.0133. The second kappa shape index (κ2) is 5.24. The van der Waals surface area contributed by atoms with Gasteiger partial charge in [0.1, 0.15) is 0 Å². The van der Waals surface area contributed by atoms with E-state index in [0.717, 1.165) is 25.7 Å². The molecule has 0 aliphatic heterocycles. The lowest BCUT2D eigenvalue weighted by Crippen LogP contribution is -2.45. The van der Waals surface area contributed by atoms with Crippen LogP contribution in [0.25, 0.3) is 0 Å². The van der Waals surface area contributed by atoms with E-state index in [1.807, 2.05) is 6.92 Å². The Balaban J connectivity index is 1.98. The number of aliphatic hydroxyl groups excluding tert-OH is 1. The van der Waals surface area contributed by atoms with Gasteiger partial charge in [0, 0.05) is 18.6 Å². The van der Waals surface area contributed by atoms with Gasteiger partial charge in [-0.3, -0.25) is 0 Å². The fourth-order valence-electron chi connectivity index (χ4n) is 3.46. The first-order chi connectivity index (χ1) is 8.07. The Bertz CT molecular complexity index is 355. The Morgan fingerprint density at radius 2 is 2.00 bits per heavy atom. The number of nitrogens with one attached hydrogen (secondary N) is 1. The number of rotatable bonds is 6. The maximum absolute atomic E-state index is 11.9. The van der Waals surface area contributed by atoms with Crippen molar-refractivity contribution in [1.29, 1.82) is 0 Å². The van der Waals surface area contributed by atoms with E-state index < -0.39 is 10.0 Å². The zero-order valence-electron chi connectivity index (χ0n) is 10.4. The molecule has 17 heavy (non-hydrogen) atoms. The molecule has 2 aliphatic carbocycles. The zero-order chi connectivity index (χ0) is 12.5. The van der Waals surface area contributed by atoms with Gasteiger partial charge < -0.3 is 5.11 Å². The molecule has 2 rings (SSSR count). The Morgan fingerprint density at radius 1 is 1.29 bits per heavy atom. The fraction of sp³-hybridized carbons (Fsp3) is 1.00. The van der Waals surface area contributed by atoms with Crippen molar-refractivity contribution in [2.75, 3.05) is 12.4 Å². The molecule has 100 valence electrons. The highest BCUT2D eigenvalue weighted by Crippen LogP contribution is 2.48. The number of fused-ring (bicyclic) bond motifs is 2. The quantitative estimate of drug-likeness (QED) is 0.753. The van der Waals surface area contributed by atoms with Crippen molar-refractivity contribution in [3.8, 4) is 0 Å². The molecule has 4 nitrogen and oxygen atoms in total. The average molecular weight is 261 g/mol. The Hall–Kier alpha value is -0.130. The molecule has 0 saturated heterocycles. The SMILES string of the molecule is CCCCS(=O)(=O)N[C@@H]1[C@@H]2CC[C@@H](C2)[C@@H]1CO. The summed E-state index contributed by atoms with van der Waals surface area (Å²) in [5.74, 6) is 1.35. The van der Waals surface area contributed by atoms with Crippen molar-refractivity contribution in [2.24, 2.45) is 17.8 Å². The lowest BCUT2D eigenvalue weighted by atomic mass is 9.86. The van der Waals surface area contributed by atoms with Gasteiger partial charge in [-0.15, -0.1) is 0 Å². The van der Waals surface area contributed by atoms with Crippen LogP contribution in [0.3, 0.4) is 0 Å². The van der Waals surface area contributed by atoms with Crippen molar-refractivity contribution >= 4 is 10.0 Å². The van der Waals surface area contributed by atoms with Crippen LogP contribution in [0.5, 0.6) is 0 Å². The monoisotopic (exact) mass is 261 g/mol. The highest BCUT2D eigenvalue weighted by molar-refractivity contribution is 7.89. The van der Waals surface area contributed by atoms with Crippen LogP contribution in [-0.2, 0) is 10.0 Å². The summed E-state index contributed by atoms with van der Waals surface area (Å²) < 4.78 is 26.6. The van der Waals surface area contributed by atoms with E-state index in [2.05, 4.69) is 4.72 Å². The minimum atomic E-state index is -3.15. The van der Waals surface area contributed by atoms with Gasteiger partial charge in [-0.1, -0.05) is 13.3 Å². The van der Waals surface area contributed by atoms with Crippen LogP contribution in [-0.4, -0.2) is 31.9 Å². The number of hydrogen-bond donors (Lipinski definition) is 2. The van der Waals surface area contributed by atoms with E-state index in [1.165, 1.54) is 0 Å².